The molecule has 0 fully saturated rings. The summed E-state index contributed by atoms with van der Waals surface area (Å²) in [5.41, 5.74) is 0. The summed E-state index contributed by atoms with van der Waals surface area (Å²) >= 11 is 0. The van der Waals surface area contributed by atoms with Crippen molar-refractivity contribution in [2.45, 2.75) is 26.7 Å². The normalized spacial score (nSPS) is 12.8. The van der Waals surface area contributed by atoms with Crippen molar-refractivity contribution in [3.63, 3.8) is 0 Å². The van der Waals surface area contributed by atoms with Crippen LogP contribution in [0, 0.1) is 17.2 Å². The van der Waals surface area contributed by atoms with E-state index < -0.39 is 15.8 Å². The van der Waals surface area contributed by atoms with Crippen molar-refractivity contribution in [1.29, 1.82) is 5.26 Å². The number of nitrogens with zero attached hydrogens (tertiary/aromatic N) is 1. The molecule has 6 heteroatoms. The van der Waals surface area contributed by atoms with E-state index in [9.17, 15) is 13.2 Å². The standard InChI is InChI=1S/C10H18N2O3S/c1-3-5-9(8-11)10(13)12-6-7-16(14,15)4-2/h9H,3-7H2,1-2H3,(H,12,13). The average Bonchev–Trinajstić information content (AvgIpc) is 2.25. The Balaban J connectivity index is 4.04. The van der Waals surface area contributed by atoms with Crippen molar-refractivity contribution < 1.29 is 13.2 Å². The molecule has 0 radical (unpaired) electrons. The predicted octanol–water partition coefficient (Wildman–Crippen LogP) is 0.477. The van der Waals surface area contributed by atoms with Crippen molar-refractivity contribution in [2.24, 2.45) is 5.92 Å². The predicted molar refractivity (Wildman–Crippen MR) is 61.3 cm³/mol. The molecule has 0 bridgehead atoms. The Hall–Kier alpha value is -1.09. The molecule has 1 amide bonds. The first-order valence-corrected chi connectivity index (χ1v) is 7.16. The second-order valence-electron chi connectivity index (χ2n) is 3.50. The minimum atomic E-state index is -3.06. The number of carbonyl (C=O) groups excluding carboxylic acids is 1. The van der Waals surface area contributed by atoms with Crippen LogP contribution in [0.4, 0.5) is 0 Å². The molecule has 1 atom stereocenters. The molecule has 0 aliphatic rings. The van der Waals surface area contributed by atoms with E-state index in [-0.39, 0.29) is 24.0 Å². The van der Waals surface area contributed by atoms with E-state index in [1.807, 2.05) is 13.0 Å². The van der Waals surface area contributed by atoms with Crippen LogP contribution in [-0.2, 0) is 14.6 Å². The molecule has 0 aliphatic carbocycles. The van der Waals surface area contributed by atoms with Gasteiger partial charge in [-0.05, 0) is 6.42 Å². The van der Waals surface area contributed by atoms with Crippen LogP contribution in [0.3, 0.4) is 0 Å². The van der Waals surface area contributed by atoms with E-state index in [2.05, 4.69) is 5.32 Å². The van der Waals surface area contributed by atoms with Gasteiger partial charge in [-0.2, -0.15) is 5.26 Å². The van der Waals surface area contributed by atoms with E-state index in [1.54, 1.807) is 6.92 Å². The fraction of sp³-hybridized carbons (Fsp3) is 0.800. The summed E-state index contributed by atoms with van der Waals surface area (Å²) in [6.45, 7) is 3.53. The summed E-state index contributed by atoms with van der Waals surface area (Å²) in [5, 5.41) is 11.2. The first kappa shape index (κ1) is 14.9. The third-order valence-electron chi connectivity index (χ3n) is 2.20. The summed E-state index contributed by atoms with van der Waals surface area (Å²) in [7, 11) is -3.06. The van der Waals surface area contributed by atoms with Crippen LogP contribution in [0.25, 0.3) is 0 Å². The fourth-order valence-corrected chi connectivity index (χ4v) is 1.84. The van der Waals surface area contributed by atoms with Crippen LogP contribution in [0.1, 0.15) is 26.7 Å². The molecule has 0 rings (SSSR count). The molecular weight excluding hydrogens is 228 g/mol. The molecule has 1 N–H and O–H groups in total. The average molecular weight is 246 g/mol. The van der Waals surface area contributed by atoms with Gasteiger partial charge >= 0.3 is 0 Å². The number of hydrogen-bond acceptors (Lipinski definition) is 4. The molecule has 0 aromatic rings. The molecule has 0 saturated heterocycles. The van der Waals surface area contributed by atoms with Crippen molar-refractivity contribution in [3.8, 4) is 6.07 Å². The topological polar surface area (TPSA) is 87.0 Å². The van der Waals surface area contributed by atoms with Crippen molar-refractivity contribution in [2.75, 3.05) is 18.1 Å². The number of nitrogens with one attached hydrogen (secondary N) is 1. The molecule has 92 valence electrons. The zero-order chi connectivity index (χ0) is 12.6. The van der Waals surface area contributed by atoms with E-state index in [0.29, 0.717) is 6.42 Å². The third kappa shape index (κ3) is 5.71. The lowest BCUT2D eigenvalue weighted by atomic mass is 10.1. The zero-order valence-corrected chi connectivity index (χ0v) is 10.5. The van der Waals surface area contributed by atoms with Crippen LogP contribution >= 0.6 is 0 Å². The number of amides is 1. The van der Waals surface area contributed by atoms with Crippen LogP contribution in [0.15, 0.2) is 0 Å². The molecule has 0 aliphatic heterocycles. The van der Waals surface area contributed by atoms with E-state index >= 15 is 0 Å². The second kappa shape index (κ2) is 7.23. The van der Waals surface area contributed by atoms with Gasteiger partial charge < -0.3 is 5.32 Å². The molecular formula is C10H18N2O3S. The zero-order valence-electron chi connectivity index (χ0n) is 9.69. The van der Waals surface area contributed by atoms with Gasteiger partial charge in [0.15, 0.2) is 9.84 Å². The second-order valence-corrected chi connectivity index (χ2v) is 5.97. The molecule has 0 heterocycles. The molecule has 0 aromatic heterocycles. The van der Waals surface area contributed by atoms with Crippen LogP contribution in [0.5, 0.6) is 0 Å². The van der Waals surface area contributed by atoms with Crippen molar-refractivity contribution in [3.05, 3.63) is 0 Å². The summed E-state index contributed by atoms with van der Waals surface area (Å²) in [6, 6.07) is 1.90. The minimum Gasteiger partial charge on any atom is -0.354 e. The number of rotatable bonds is 7. The molecule has 0 saturated carbocycles. The molecule has 1 unspecified atom stereocenters. The highest BCUT2D eigenvalue weighted by Gasteiger charge is 2.16. The minimum absolute atomic E-state index is 0.0690. The van der Waals surface area contributed by atoms with Crippen molar-refractivity contribution >= 4 is 15.7 Å². The fourth-order valence-electron chi connectivity index (χ4n) is 1.14. The number of sulfone groups is 1. The Bertz CT molecular complexity index is 357. The maximum atomic E-state index is 11.4. The van der Waals surface area contributed by atoms with Gasteiger partial charge in [0.05, 0.1) is 11.8 Å². The SMILES string of the molecule is CCCC(C#N)C(=O)NCCS(=O)(=O)CC. The maximum Gasteiger partial charge on any atom is 0.237 e. The van der Waals surface area contributed by atoms with E-state index in [0.717, 1.165) is 6.42 Å². The van der Waals surface area contributed by atoms with Gasteiger partial charge in [-0.25, -0.2) is 8.42 Å². The van der Waals surface area contributed by atoms with Crippen molar-refractivity contribution in [1.82, 2.24) is 5.32 Å². The summed E-state index contributed by atoms with van der Waals surface area (Å²) in [6.07, 6.45) is 1.25. The maximum absolute atomic E-state index is 11.4. The van der Waals surface area contributed by atoms with Gasteiger partial charge in [0, 0.05) is 12.3 Å². The van der Waals surface area contributed by atoms with Gasteiger partial charge in [0.1, 0.15) is 5.92 Å². The van der Waals surface area contributed by atoms with Crippen LogP contribution < -0.4 is 5.32 Å². The lowest BCUT2D eigenvalue weighted by molar-refractivity contribution is -0.123. The lowest BCUT2D eigenvalue weighted by Crippen LogP contribution is -2.34. The molecule has 16 heavy (non-hydrogen) atoms. The molecule has 0 aromatic carbocycles. The Morgan fingerprint density at radius 3 is 2.50 bits per heavy atom. The van der Waals surface area contributed by atoms with Crippen LogP contribution in [0.2, 0.25) is 0 Å². The Labute approximate surface area is 96.8 Å². The first-order chi connectivity index (χ1) is 7.46. The van der Waals surface area contributed by atoms with Gasteiger partial charge in [0.25, 0.3) is 0 Å². The van der Waals surface area contributed by atoms with E-state index in [4.69, 9.17) is 5.26 Å². The molecule has 5 nitrogen and oxygen atoms in total. The first-order valence-electron chi connectivity index (χ1n) is 5.34. The third-order valence-corrected chi connectivity index (χ3v) is 3.91. The largest absolute Gasteiger partial charge is 0.354 e. The smallest absolute Gasteiger partial charge is 0.237 e. The highest BCUT2D eigenvalue weighted by molar-refractivity contribution is 7.91. The van der Waals surface area contributed by atoms with Gasteiger partial charge in [0.2, 0.25) is 5.91 Å². The quantitative estimate of drug-likeness (QED) is 0.707. The van der Waals surface area contributed by atoms with Gasteiger partial charge in [-0.15, -0.1) is 0 Å². The summed E-state index contributed by atoms with van der Waals surface area (Å²) < 4.78 is 22.3. The lowest BCUT2D eigenvalue weighted by Gasteiger charge is -2.08. The highest BCUT2D eigenvalue weighted by atomic mass is 32.2. The van der Waals surface area contributed by atoms with Gasteiger partial charge in [-0.3, -0.25) is 4.79 Å². The monoisotopic (exact) mass is 246 g/mol. The number of carbonyl (C=O) groups is 1. The Kier molecular flexibility index (Phi) is 6.74. The highest BCUT2D eigenvalue weighted by Crippen LogP contribution is 2.04. The Morgan fingerprint density at radius 2 is 2.06 bits per heavy atom. The van der Waals surface area contributed by atoms with Crippen LogP contribution in [-0.4, -0.2) is 32.4 Å². The molecule has 0 spiro atoms. The summed E-state index contributed by atoms with van der Waals surface area (Å²) in [4.78, 5) is 11.4. The number of nitriles is 1. The van der Waals surface area contributed by atoms with E-state index in [1.165, 1.54) is 0 Å². The number of hydrogen-bond donors (Lipinski definition) is 1. The summed E-state index contributed by atoms with van der Waals surface area (Å²) in [5.74, 6) is -1.05. The van der Waals surface area contributed by atoms with Gasteiger partial charge in [-0.1, -0.05) is 20.3 Å². The Morgan fingerprint density at radius 1 is 1.44 bits per heavy atom.